The largest absolute Gasteiger partial charge is 0.338 e. The summed E-state index contributed by atoms with van der Waals surface area (Å²) in [6, 6.07) is 0. The number of aromatic nitrogens is 2. The van der Waals surface area contributed by atoms with Crippen LogP contribution in [-0.4, -0.2) is 9.55 Å². The van der Waals surface area contributed by atoms with E-state index in [4.69, 9.17) is 0 Å². The minimum absolute atomic E-state index is 0.750. The van der Waals surface area contributed by atoms with E-state index in [9.17, 15) is 0 Å². The smallest absolute Gasteiger partial charge is 0.111 e. The predicted molar refractivity (Wildman–Crippen MR) is 39.7 cm³/mol. The van der Waals surface area contributed by atoms with Crippen molar-refractivity contribution in [2.24, 2.45) is 13.0 Å². The molecule has 2 unspecified atom stereocenters. The maximum absolute atomic E-state index is 4.29. The second-order valence-electron chi connectivity index (χ2n) is 3.22. The van der Waals surface area contributed by atoms with Crippen molar-refractivity contribution in [2.45, 2.75) is 19.3 Å². The molecule has 1 fully saturated rings. The Bertz CT molecular complexity index is 239. The summed E-state index contributed by atoms with van der Waals surface area (Å²) in [6.45, 7) is 2.28. The average Bonchev–Trinajstić information content (AvgIpc) is 2.42. The van der Waals surface area contributed by atoms with Gasteiger partial charge in [-0.05, 0) is 12.3 Å². The summed E-state index contributed by atoms with van der Waals surface area (Å²) in [5.74, 6) is 2.87. The quantitative estimate of drug-likeness (QED) is 0.572. The molecule has 0 spiro atoms. The maximum atomic E-state index is 4.29. The molecule has 54 valence electrons. The lowest BCUT2D eigenvalue weighted by Gasteiger charge is -1.96. The molecule has 1 heterocycles. The van der Waals surface area contributed by atoms with Crippen LogP contribution >= 0.6 is 0 Å². The number of hydrogen-bond donors (Lipinski definition) is 0. The maximum Gasteiger partial charge on any atom is 0.111 e. The number of hydrogen-bond acceptors (Lipinski definition) is 1. The molecule has 0 bridgehead atoms. The molecule has 2 heteroatoms. The first-order valence-corrected chi connectivity index (χ1v) is 3.76. The van der Waals surface area contributed by atoms with Gasteiger partial charge in [0.2, 0.25) is 0 Å². The highest BCUT2D eigenvalue weighted by molar-refractivity contribution is 5.10. The molecular formula is C8H12N2. The van der Waals surface area contributed by atoms with E-state index < -0.39 is 0 Å². The number of nitrogens with zero attached hydrogens (tertiary/aromatic N) is 2. The first kappa shape index (κ1) is 5.96. The highest BCUT2D eigenvalue weighted by atomic mass is 15.0. The van der Waals surface area contributed by atoms with Crippen molar-refractivity contribution in [1.82, 2.24) is 9.55 Å². The van der Waals surface area contributed by atoms with Crippen LogP contribution in [0.15, 0.2) is 12.4 Å². The molecule has 0 radical (unpaired) electrons. The molecule has 1 aromatic heterocycles. The molecule has 0 aromatic carbocycles. The lowest BCUT2D eigenvalue weighted by molar-refractivity contribution is 0.764. The summed E-state index contributed by atoms with van der Waals surface area (Å²) >= 11 is 0. The minimum atomic E-state index is 0.750. The second-order valence-corrected chi connectivity index (χ2v) is 3.22. The van der Waals surface area contributed by atoms with Crippen LogP contribution < -0.4 is 0 Å². The molecule has 2 nitrogen and oxygen atoms in total. The Kier molecular flexibility index (Phi) is 1.10. The highest BCUT2D eigenvalue weighted by Gasteiger charge is 2.36. The molecule has 1 aliphatic carbocycles. The van der Waals surface area contributed by atoms with Crippen molar-refractivity contribution in [3.05, 3.63) is 18.2 Å². The third-order valence-corrected chi connectivity index (χ3v) is 2.30. The molecule has 1 saturated carbocycles. The number of imidazole rings is 1. The molecule has 0 N–H and O–H groups in total. The van der Waals surface area contributed by atoms with Gasteiger partial charge in [-0.2, -0.15) is 0 Å². The number of aryl methyl sites for hydroxylation is 1. The van der Waals surface area contributed by atoms with Crippen LogP contribution in [0.5, 0.6) is 0 Å². The zero-order valence-electron chi connectivity index (χ0n) is 6.41. The SMILES string of the molecule is CC1CC1c1nccn1C. The van der Waals surface area contributed by atoms with Crippen molar-refractivity contribution in [2.75, 3.05) is 0 Å². The minimum Gasteiger partial charge on any atom is -0.338 e. The van der Waals surface area contributed by atoms with E-state index in [1.165, 1.54) is 12.2 Å². The van der Waals surface area contributed by atoms with Crippen molar-refractivity contribution in [1.29, 1.82) is 0 Å². The van der Waals surface area contributed by atoms with E-state index in [0.717, 1.165) is 11.8 Å². The summed E-state index contributed by atoms with van der Waals surface area (Å²) in [5.41, 5.74) is 0. The van der Waals surface area contributed by atoms with Gasteiger partial charge in [0.25, 0.3) is 0 Å². The summed E-state index contributed by atoms with van der Waals surface area (Å²) < 4.78 is 2.12. The molecule has 1 aromatic rings. The Labute approximate surface area is 60.9 Å². The molecule has 10 heavy (non-hydrogen) atoms. The van der Waals surface area contributed by atoms with Gasteiger partial charge in [-0.1, -0.05) is 6.92 Å². The summed E-state index contributed by atoms with van der Waals surface area (Å²) in [5, 5.41) is 0. The van der Waals surface area contributed by atoms with E-state index in [2.05, 4.69) is 23.5 Å². The van der Waals surface area contributed by atoms with Crippen LogP contribution in [0.25, 0.3) is 0 Å². The number of rotatable bonds is 1. The Morgan fingerprint density at radius 3 is 2.80 bits per heavy atom. The van der Waals surface area contributed by atoms with Crippen molar-refractivity contribution in [3.8, 4) is 0 Å². The van der Waals surface area contributed by atoms with Gasteiger partial charge in [-0.3, -0.25) is 0 Å². The van der Waals surface area contributed by atoms with Crippen LogP contribution in [0.1, 0.15) is 25.1 Å². The Morgan fingerprint density at radius 1 is 1.70 bits per heavy atom. The molecule has 2 atom stereocenters. The van der Waals surface area contributed by atoms with Crippen LogP contribution in [0.3, 0.4) is 0 Å². The van der Waals surface area contributed by atoms with Gasteiger partial charge in [0.1, 0.15) is 5.82 Å². The van der Waals surface area contributed by atoms with Gasteiger partial charge < -0.3 is 4.57 Å². The molecular weight excluding hydrogens is 124 g/mol. The molecule has 0 saturated heterocycles. The molecule has 1 aliphatic rings. The highest BCUT2D eigenvalue weighted by Crippen LogP contribution is 2.45. The van der Waals surface area contributed by atoms with Crippen molar-refractivity contribution >= 4 is 0 Å². The lowest BCUT2D eigenvalue weighted by atomic mass is 10.3. The average molecular weight is 136 g/mol. The topological polar surface area (TPSA) is 17.8 Å². The molecule has 2 rings (SSSR count). The summed E-state index contributed by atoms with van der Waals surface area (Å²) in [4.78, 5) is 4.29. The van der Waals surface area contributed by atoms with E-state index in [1.807, 2.05) is 12.4 Å². The van der Waals surface area contributed by atoms with E-state index in [1.54, 1.807) is 0 Å². The monoisotopic (exact) mass is 136 g/mol. The van der Waals surface area contributed by atoms with Gasteiger partial charge >= 0.3 is 0 Å². The van der Waals surface area contributed by atoms with Crippen LogP contribution in [0, 0.1) is 5.92 Å². The van der Waals surface area contributed by atoms with Gasteiger partial charge in [-0.25, -0.2) is 4.98 Å². The lowest BCUT2D eigenvalue weighted by Crippen LogP contribution is -1.94. The van der Waals surface area contributed by atoms with Crippen LogP contribution in [-0.2, 0) is 7.05 Å². The fraction of sp³-hybridized carbons (Fsp3) is 0.625. The van der Waals surface area contributed by atoms with Crippen molar-refractivity contribution < 1.29 is 0 Å². The Hall–Kier alpha value is -0.790. The normalized spacial score (nSPS) is 30.6. The Morgan fingerprint density at radius 2 is 2.40 bits per heavy atom. The van der Waals surface area contributed by atoms with E-state index >= 15 is 0 Å². The predicted octanol–water partition coefficient (Wildman–Crippen LogP) is 1.54. The Balaban J connectivity index is 2.26. The fourth-order valence-electron chi connectivity index (χ4n) is 1.42. The van der Waals surface area contributed by atoms with Gasteiger partial charge in [0.05, 0.1) is 0 Å². The zero-order chi connectivity index (χ0) is 7.14. The summed E-state index contributed by atoms with van der Waals surface area (Å²) in [6.07, 6.45) is 5.21. The second kappa shape index (κ2) is 1.84. The van der Waals surface area contributed by atoms with Crippen molar-refractivity contribution in [3.63, 3.8) is 0 Å². The first-order valence-electron chi connectivity index (χ1n) is 3.76. The van der Waals surface area contributed by atoms with E-state index in [0.29, 0.717) is 0 Å². The standard InChI is InChI=1S/C8H12N2/c1-6-5-7(6)8-9-3-4-10(8)2/h3-4,6-7H,5H2,1-2H3. The van der Waals surface area contributed by atoms with Crippen LogP contribution in [0.2, 0.25) is 0 Å². The molecule has 0 amide bonds. The third-order valence-electron chi connectivity index (χ3n) is 2.30. The van der Waals surface area contributed by atoms with Crippen LogP contribution in [0.4, 0.5) is 0 Å². The van der Waals surface area contributed by atoms with E-state index in [-0.39, 0.29) is 0 Å². The fourth-order valence-corrected chi connectivity index (χ4v) is 1.42. The zero-order valence-corrected chi connectivity index (χ0v) is 6.41. The third kappa shape index (κ3) is 0.753. The summed E-state index contributed by atoms with van der Waals surface area (Å²) in [7, 11) is 2.06. The van der Waals surface area contributed by atoms with Gasteiger partial charge in [-0.15, -0.1) is 0 Å². The first-order chi connectivity index (χ1) is 4.79. The van der Waals surface area contributed by atoms with Gasteiger partial charge in [0.15, 0.2) is 0 Å². The van der Waals surface area contributed by atoms with Gasteiger partial charge in [0, 0.05) is 25.4 Å². The molecule has 0 aliphatic heterocycles.